The summed E-state index contributed by atoms with van der Waals surface area (Å²) in [5.41, 5.74) is 10.4. The second-order valence-electron chi connectivity index (χ2n) is 6.20. The largest absolute Gasteiger partial charge is 0.320 e. The highest BCUT2D eigenvalue weighted by Gasteiger charge is 2.34. The van der Waals surface area contributed by atoms with E-state index in [1.165, 1.54) is 23.8 Å². The normalized spacial score (nSPS) is 12.8. The molecule has 1 aromatic carbocycles. The van der Waals surface area contributed by atoms with Crippen LogP contribution in [0.25, 0.3) is 0 Å². The number of anilines is 1. The number of nitrogens with zero attached hydrogens (tertiary/aromatic N) is 2. The van der Waals surface area contributed by atoms with Crippen molar-refractivity contribution in [2.75, 3.05) is 11.5 Å². The molecule has 1 unspecified atom stereocenters. The molecule has 3 amide bonds. The number of amides is 3. The van der Waals surface area contributed by atoms with Gasteiger partial charge in [0.1, 0.15) is 0 Å². The molecular formula is C19H24N4O4S. The van der Waals surface area contributed by atoms with E-state index < -0.39 is 29.7 Å². The average Bonchev–Trinajstić information content (AvgIpc) is 3.20. The minimum atomic E-state index is -0.889. The number of carbonyl (C=O) groups is 3. The molecule has 0 saturated heterocycles. The van der Waals surface area contributed by atoms with Gasteiger partial charge in [0.05, 0.1) is 24.1 Å². The lowest BCUT2D eigenvalue weighted by molar-refractivity contribution is -0.138. The summed E-state index contributed by atoms with van der Waals surface area (Å²) in [5.74, 6) is -2.11. The number of benzene rings is 1. The van der Waals surface area contributed by atoms with E-state index in [9.17, 15) is 14.4 Å². The lowest BCUT2D eigenvalue weighted by atomic mass is 9.94. The highest BCUT2D eigenvalue weighted by Crippen LogP contribution is 2.22. The molecule has 1 heterocycles. The van der Waals surface area contributed by atoms with Gasteiger partial charge in [0.15, 0.2) is 5.82 Å². The van der Waals surface area contributed by atoms with Crippen LogP contribution in [0.5, 0.6) is 0 Å². The van der Waals surface area contributed by atoms with Crippen LogP contribution in [0.15, 0.2) is 41.2 Å². The summed E-state index contributed by atoms with van der Waals surface area (Å²) in [5, 5.41) is 1.60. The maximum absolute atomic E-state index is 13.3. The Morgan fingerprint density at radius 1 is 1.25 bits per heavy atom. The van der Waals surface area contributed by atoms with E-state index in [1.807, 2.05) is 30.3 Å². The second kappa shape index (κ2) is 10.6. The van der Waals surface area contributed by atoms with E-state index in [2.05, 4.69) is 10.5 Å². The first-order chi connectivity index (χ1) is 13.4. The molecule has 0 radical (unpaired) electrons. The van der Waals surface area contributed by atoms with E-state index >= 15 is 0 Å². The maximum Gasteiger partial charge on any atom is 0.251 e. The zero-order valence-corrected chi connectivity index (χ0v) is 16.6. The monoisotopic (exact) mass is 404 g/mol. The highest BCUT2D eigenvalue weighted by atomic mass is 32.1. The summed E-state index contributed by atoms with van der Waals surface area (Å²) in [6.07, 6.45) is 0.146. The number of hydroxylamine groups is 1. The Balaban J connectivity index is 2.30. The van der Waals surface area contributed by atoms with Gasteiger partial charge in [0, 0.05) is 11.8 Å². The number of rotatable bonds is 9. The molecule has 8 nitrogen and oxygen atoms in total. The molecule has 0 fully saturated rings. The van der Waals surface area contributed by atoms with Crippen LogP contribution in [-0.4, -0.2) is 35.4 Å². The first-order valence-electron chi connectivity index (χ1n) is 8.90. The number of imide groups is 1. The first-order valence-corrected chi connectivity index (χ1v) is 9.84. The van der Waals surface area contributed by atoms with Gasteiger partial charge in [-0.25, -0.2) is 15.4 Å². The Hall–Kier alpha value is -2.62. The van der Waals surface area contributed by atoms with Crippen LogP contribution in [-0.2, 0) is 25.6 Å². The Kier molecular flexibility index (Phi) is 8.24. The zero-order chi connectivity index (χ0) is 20.5. The van der Waals surface area contributed by atoms with Crippen LogP contribution < -0.4 is 16.1 Å². The summed E-state index contributed by atoms with van der Waals surface area (Å²) in [6.45, 7) is 3.54. The molecule has 2 atom stereocenters. The van der Waals surface area contributed by atoms with Crippen LogP contribution in [0.2, 0.25) is 0 Å². The van der Waals surface area contributed by atoms with Crippen molar-refractivity contribution in [1.82, 2.24) is 10.5 Å². The summed E-state index contributed by atoms with van der Waals surface area (Å²) < 4.78 is 0. The highest BCUT2D eigenvalue weighted by molar-refractivity contribution is 7.08. The van der Waals surface area contributed by atoms with Crippen LogP contribution in [0.4, 0.5) is 5.82 Å². The molecule has 150 valence electrons. The van der Waals surface area contributed by atoms with E-state index in [0.29, 0.717) is 6.61 Å². The van der Waals surface area contributed by atoms with Gasteiger partial charge in [-0.1, -0.05) is 30.3 Å². The fourth-order valence-electron chi connectivity index (χ4n) is 2.60. The lowest BCUT2D eigenvalue weighted by Crippen LogP contribution is -2.49. The Morgan fingerprint density at radius 2 is 1.96 bits per heavy atom. The summed E-state index contributed by atoms with van der Waals surface area (Å²) >= 11 is 1.26. The van der Waals surface area contributed by atoms with Crippen molar-refractivity contribution in [3.05, 3.63) is 46.8 Å². The van der Waals surface area contributed by atoms with E-state index in [4.69, 9.17) is 10.6 Å². The third-order valence-electron chi connectivity index (χ3n) is 3.91. The summed E-state index contributed by atoms with van der Waals surface area (Å²) in [4.78, 5) is 48.1. The smallest absolute Gasteiger partial charge is 0.251 e. The molecule has 2 aromatic rings. The van der Waals surface area contributed by atoms with Crippen molar-refractivity contribution < 1.29 is 19.2 Å². The number of aromatic nitrogens is 1. The number of nitrogens with one attached hydrogen (secondary N) is 1. The number of nitrogens with two attached hydrogens (primary N) is 1. The average molecular weight is 404 g/mol. The van der Waals surface area contributed by atoms with Gasteiger partial charge in [-0.3, -0.25) is 19.2 Å². The van der Waals surface area contributed by atoms with E-state index in [1.54, 1.807) is 12.3 Å². The first kappa shape index (κ1) is 21.7. The van der Waals surface area contributed by atoms with Crippen molar-refractivity contribution in [2.24, 2.45) is 11.7 Å². The zero-order valence-electron chi connectivity index (χ0n) is 15.8. The van der Waals surface area contributed by atoms with Crippen LogP contribution in [0, 0.1) is 5.92 Å². The quantitative estimate of drug-likeness (QED) is 0.615. The van der Waals surface area contributed by atoms with Crippen molar-refractivity contribution >= 4 is 34.9 Å². The molecule has 0 spiro atoms. The molecule has 1 aromatic heterocycles. The molecule has 0 aliphatic carbocycles. The van der Waals surface area contributed by atoms with Gasteiger partial charge in [-0.2, -0.15) is 0 Å². The van der Waals surface area contributed by atoms with E-state index in [-0.39, 0.29) is 18.7 Å². The molecular weight excluding hydrogens is 380 g/mol. The van der Waals surface area contributed by atoms with Gasteiger partial charge < -0.3 is 5.73 Å². The van der Waals surface area contributed by atoms with Gasteiger partial charge in [0.2, 0.25) is 11.8 Å². The number of hydrogen-bond acceptors (Lipinski definition) is 7. The molecule has 28 heavy (non-hydrogen) atoms. The minimum absolute atomic E-state index is 0.138. The molecule has 3 N–H and O–H groups in total. The predicted octanol–water partition coefficient (Wildman–Crippen LogP) is 1.67. The van der Waals surface area contributed by atoms with Crippen LogP contribution in [0.3, 0.4) is 0 Å². The van der Waals surface area contributed by atoms with Crippen molar-refractivity contribution in [1.29, 1.82) is 0 Å². The van der Waals surface area contributed by atoms with Gasteiger partial charge in [0.25, 0.3) is 5.91 Å². The van der Waals surface area contributed by atoms with Gasteiger partial charge >= 0.3 is 0 Å². The number of hydrogen-bond donors (Lipinski definition) is 2. The van der Waals surface area contributed by atoms with Gasteiger partial charge in [-0.05, 0) is 25.8 Å². The van der Waals surface area contributed by atoms with Crippen LogP contribution in [0.1, 0.15) is 25.8 Å². The molecule has 9 heteroatoms. The Labute approximate surface area is 167 Å². The van der Waals surface area contributed by atoms with Crippen LogP contribution >= 0.6 is 11.3 Å². The summed E-state index contributed by atoms with van der Waals surface area (Å²) in [7, 11) is 0. The molecule has 0 saturated carbocycles. The maximum atomic E-state index is 13.3. The number of thiazole rings is 1. The standard InChI is InChI=1S/C19H24N4O4S/c1-3-27-22-17(24)10-15(9-14-7-5-4-6-8-14)19(26)23(18(25)13(2)20)16-11-28-12-21-16/h4-8,11-13,15H,3,9-10,20H2,1-2H3,(H,22,24)/t13-,15?/m1/s1. The van der Waals surface area contributed by atoms with E-state index in [0.717, 1.165) is 10.5 Å². The lowest BCUT2D eigenvalue weighted by Gasteiger charge is -2.25. The van der Waals surface area contributed by atoms with Crippen molar-refractivity contribution in [3.8, 4) is 0 Å². The fraction of sp³-hybridized carbons (Fsp3) is 0.368. The fourth-order valence-corrected chi connectivity index (χ4v) is 3.12. The Bertz CT molecular complexity index is 780. The predicted molar refractivity (Wildman–Crippen MR) is 106 cm³/mol. The van der Waals surface area contributed by atoms with Crippen molar-refractivity contribution in [3.63, 3.8) is 0 Å². The topological polar surface area (TPSA) is 115 Å². The molecule has 0 aliphatic rings. The SMILES string of the molecule is CCONC(=O)CC(Cc1ccccc1)C(=O)N(C(=O)[C@@H](C)N)c1cscn1. The minimum Gasteiger partial charge on any atom is -0.320 e. The molecule has 2 rings (SSSR count). The summed E-state index contributed by atoms with van der Waals surface area (Å²) in [6, 6.07) is 8.40. The third kappa shape index (κ3) is 5.95. The third-order valence-corrected chi connectivity index (χ3v) is 4.49. The number of carbonyl (C=O) groups excluding carboxylic acids is 3. The Morgan fingerprint density at radius 3 is 2.54 bits per heavy atom. The second-order valence-corrected chi connectivity index (χ2v) is 6.91. The van der Waals surface area contributed by atoms with Gasteiger partial charge in [-0.15, -0.1) is 11.3 Å². The van der Waals surface area contributed by atoms with Crippen molar-refractivity contribution in [2.45, 2.75) is 32.7 Å². The molecule has 0 aliphatic heterocycles. The molecule has 0 bridgehead atoms.